The van der Waals surface area contributed by atoms with Crippen molar-refractivity contribution in [2.24, 2.45) is 5.10 Å². The molecule has 0 aromatic heterocycles. The molecule has 1 amide bonds. The molecule has 3 aromatic rings. The van der Waals surface area contributed by atoms with Crippen LogP contribution in [0.15, 0.2) is 76.7 Å². The van der Waals surface area contributed by atoms with E-state index in [4.69, 9.17) is 10.5 Å². The summed E-state index contributed by atoms with van der Waals surface area (Å²) in [7, 11) is -3.54. The van der Waals surface area contributed by atoms with Crippen molar-refractivity contribution < 1.29 is 56.9 Å². The Labute approximate surface area is 229 Å². The summed E-state index contributed by atoms with van der Waals surface area (Å²) < 4.78 is 40.9. The van der Waals surface area contributed by atoms with Crippen LogP contribution in [0.5, 0.6) is 5.75 Å². The van der Waals surface area contributed by atoms with E-state index in [1.54, 1.807) is 48.5 Å². The molecule has 10 nitrogen and oxygen atoms in total. The molecule has 0 spiro atoms. The predicted molar refractivity (Wildman–Crippen MR) is 131 cm³/mol. The van der Waals surface area contributed by atoms with Crippen LogP contribution in [0.4, 0.5) is 17.1 Å². The minimum atomic E-state index is -5.05. The van der Waals surface area contributed by atoms with Crippen LogP contribution in [0, 0.1) is 0 Å². The van der Waals surface area contributed by atoms with E-state index in [-0.39, 0.29) is 40.7 Å². The van der Waals surface area contributed by atoms with E-state index in [0.717, 1.165) is 6.08 Å². The maximum atomic E-state index is 13.0. The number of nitrogens with one attached hydrogen (secondary N) is 2. The molecule has 0 aliphatic heterocycles. The number of methoxy groups -OCH3 is 1. The van der Waals surface area contributed by atoms with Crippen LogP contribution >= 0.6 is 0 Å². The van der Waals surface area contributed by atoms with Gasteiger partial charge in [-0.1, -0.05) is 0 Å². The van der Waals surface area contributed by atoms with Gasteiger partial charge in [0.25, 0.3) is 5.91 Å². The summed E-state index contributed by atoms with van der Waals surface area (Å²) in [6, 6.07) is 17.1. The molecule has 12 heteroatoms. The van der Waals surface area contributed by atoms with E-state index in [0.29, 0.717) is 28.4 Å². The van der Waals surface area contributed by atoms with Crippen molar-refractivity contribution >= 4 is 50.7 Å². The third kappa shape index (κ3) is 6.01. The third-order valence-corrected chi connectivity index (χ3v) is 5.97. The zero-order valence-corrected chi connectivity index (χ0v) is 22.1. The van der Waals surface area contributed by atoms with E-state index in [2.05, 4.69) is 15.8 Å². The Morgan fingerprint density at radius 1 is 1.00 bits per heavy atom. The number of nitrogens with zero attached hydrogens (tertiary/aromatic N) is 1. The summed E-state index contributed by atoms with van der Waals surface area (Å²) in [5.74, 6) is -0.596. The number of nitrogens with two attached hydrogens (primary N) is 1. The van der Waals surface area contributed by atoms with Crippen LogP contribution in [0.1, 0.15) is 26.3 Å². The molecule has 4 N–H and O–H groups in total. The summed E-state index contributed by atoms with van der Waals surface area (Å²) >= 11 is 0. The van der Waals surface area contributed by atoms with Gasteiger partial charge in [-0.05, 0) is 78.4 Å². The monoisotopic (exact) mass is 514 g/mol. The largest absolute Gasteiger partial charge is 1.00 e. The average Bonchev–Trinajstić information content (AvgIpc) is 2.83. The molecule has 0 saturated carbocycles. The van der Waals surface area contributed by atoms with Gasteiger partial charge >= 0.3 is 29.6 Å². The number of ether oxygens (including phenoxy) is 1. The summed E-state index contributed by atoms with van der Waals surface area (Å²) in [5, 5.41) is 6.57. The van der Waals surface area contributed by atoms with Crippen molar-refractivity contribution in [3.8, 4) is 5.75 Å². The predicted octanol–water partition coefficient (Wildman–Crippen LogP) is 0.0842. The van der Waals surface area contributed by atoms with E-state index in [1.807, 2.05) is 0 Å². The number of Topliss-reactive ketones (excluding diaryl/α,β-unsaturated/α-hetero) is 1. The SMILES string of the molecule is COc1ccc(N/N=C2\C(=O)c3ccc(NC(=O)c4ccc(N)cc4)cc3C=C2S(=O)(=O)[O-])cc1.[Na+]. The Hall–Kier alpha value is -3.48. The maximum Gasteiger partial charge on any atom is 1.00 e. The van der Waals surface area contributed by atoms with Crippen molar-refractivity contribution in [2.45, 2.75) is 0 Å². The molecule has 0 radical (unpaired) electrons. The number of hydrogen-bond acceptors (Lipinski definition) is 9. The van der Waals surface area contributed by atoms with Gasteiger partial charge in [-0.2, -0.15) is 5.10 Å². The zero-order valence-electron chi connectivity index (χ0n) is 19.3. The number of carbonyl (C=O) groups is 2. The molecule has 0 bridgehead atoms. The van der Waals surface area contributed by atoms with Gasteiger partial charge in [0.1, 0.15) is 21.6 Å². The second kappa shape index (κ2) is 11.1. The second-order valence-electron chi connectivity index (χ2n) is 7.47. The van der Waals surface area contributed by atoms with Crippen molar-refractivity contribution in [1.82, 2.24) is 0 Å². The van der Waals surface area contributed by atoms with Gasteiger partial charge in [-0.25, -0.2) is 8.42 Å². The van der Waals surface area contributed by atoms with Crippen molar-refractivity contribution in [1.29, 1.82) is 0 Å². The number of allylic oxidation sites excluding steroid dienone is 1. The molecule has 1 aliphatic carbocycles. The average molecular weight is 514 g/mol. The summed E-state index contributed by atoms with van der Waals surface area (Å²) in [5.41, 5.74) is 9.56. The van der Waals surface area contributed by atoms with Gasteiger partial charge < -0.3 is 20.3 Å². The number of ketones is 1. The molecule has 0 fully saturated rings. The van der Waals surface area contributed by atoms with E-state index in [1.165, 1.54) is 25.3 Å². The van der Waals surface area contributed by atoms with E-state index in [9.17, 15) is 22.6 Å². The standard InChI is InChI=1S/C24H20N4O6S.Na/c1-34-19-9-6-17(7-10-19)27-28-22-21(35(31,32)33)13-15-12-18(8-11-20(15)23(22)29)26-24(30)14-2-4-16(25)5-3-14;/h2-13,27H,25H2,1H3,(H,26,30)(H,31,32,33);/q;+1/p-1/b28-22-;. The molecule has 3 aromatic carbocycles. The van der Waals surface area contributed by atoms with Crippen molar-refractivity contribution in [3.63, 3.8) is 0 Å². The molecule has 0 atom stereocenters. The van der Waals surface area contributed by atoms with Gasteiger partial charge in [0.15, 0.2) is 0 Å². The number of fused-ring (bicyclic) bond motifs is 1. The van der Waals surface area contributed by atoms with Crippen LogP contribution in [0.2, 0.25) is 0 Å². The molecule has 0 unspecified atom stereocenters. The number of anilines is 3. The van der Waals surface area contributed by atoms with Crippen molar-refractivity contribution in [2.75, 3.05) is 23.6 Å². The minimum Gasteiger partial charge on any atom is -0.744 e. The van der Waals surface area contributed by atoms with Gasteiger partial charge in [-0.3, -0.25) is 15.0 Å². The first-order chi connectivity index (χ1) is 16.7. The number of amides is 1. The molecule has 36 heavy (non-hydrogen) atoms. The van der Waals surface area contributed by atoms with Crippen LogP contribution < -0.4 is 50.8 Å². The quantitative estimate of drug-likeness (QED) is 0.180. The van der Waals surface area contributed by atoms with E-state index >= 15 is 0 Å². The first-order valence-electron chi connectivity index (χ1n) is 10.2. The zero-order chi connectivity index (χ0) is 25.2. The molecule has 178 valence electrons. The number of hydrazone groups is 1. The number of nitrogen functional groups attached to an aromatic ring is 1. The molecular weight excluding hydrogens is 495 g/mol. The first kappa shape index (κ1) is 27.1. The Morgan fingerprint density at radius 2 is 1.64 bits per heavy atom. The van der Waals surface area contributed by atoms with Gasteiger partial charge in [-0.15, -0.1) is 0 Å². The molecule has 0 saturated heterocycles. The summed E-state index contributed by atoms with van der Waals surface area (Å²) in [4.78, 5) is 24.7. The molecule has 0 heterocycles. The number of hydrogen-bond donors (Lipinski definition) is 3. The summed E-state index contributed by atoms with van der Waals surface area (Å²) in [6.45, 7) is 0. The Bertz CT molecular complexity index is 1480. The van der Waals surface area contributed by atoms with Crippen molar-refractivity contribution in [3.05, 3.63) is 88.3 Å². The van der Waals surface area contributed by atoms with Crippen LogP contribution in [0.3, 0.4) is 0 Å². The normalized spacial score (nSPS) is 13.8. The van der Waals surface area contributed by atoms with E-state index < -0.39 is 32.4 Å². The Morgan fingerprint density at radius 3 is 2.25 bits per heavy atom. The van der Waals surface area contributed by atoms with Crippen LogP contribution in [-0.2, 0) is 10.1 Å². The Kier molecular flexibility index (Phi) is 8.33. The number of benzene rings is 3. The number of carbonyl (C=O) groups excluding carboxylic acids is 2. The molecule has 1 aliphatic rings. The topological polar surface area (TPSA) is 163 Å². The fourth-order valence-electron chi connectivity index (χ4n) is 3.34. The van der Waals surface area contributed by atoms with Gasteiger partial charge in [0.2, 0.25) is 5.78 Å². The minimum absolute atomic E-state index is 0. The van der Waals surface area contributed by atoms with Gasteiger partial charge in [0.05, 0.1) is 17.7 Å². The molecule has 4 rings (SSSR count). The fraction of sp³-hybridized carbons (Fsp3) is 0.0417. The van der Waals surface area contributed by atoms with Crippen LogP contribution in [0.25, 0.3) is 6.08 Å². The molecular formula is C24H19N4NaO6S. The second-order valence-corrected chi connectivity index (χ2v) is 8.82. The fourth-order valence-corrected chi connectivity index (χ4v) is 3.98. The third-order valence-electron chi connectivity index (χ3n) is 5.12. The Balaban J connectivity index is 0.00000361. The van der Waals surface area contributed by atoms with Crippen LogP contribution in [-0.4, -0.2) is 37.5 Å². The first-order valence-corrected chi connectivity index (χ1v) is 11.6. The van der Waals surface area contributed by atoms with Gasteiger partial charge in [0, 0.05) is 22.5 Å². The maximum absolute atomic E-state index is 13.0. The smallest absolute Gasteiger partial charge is 0.744 e. The summed E-state index contributed by atoms with van der Waals surface area (Å²) in [6.07, 6.45) is 1.06. The number of rotatable bonds is 6.